The van der Waals surface area contributed by atoms with E-state index in [0.29, 0.717) is 36.6 Å². The van der Waals surface area contributed by atoms with Gasteiger partial charge in [-0.3, -0.25) is 19.6 Å². The molecule has 5 rings (SSSR count). The van der Waals surface area contributed by atoms with Crippen LogP contribution in [0.15, 0.2) is 54.9 Å². The Bertz CT molecular complexity index is 951. The third kappa shape index (κ3) is 4.22. The SMILES string of the molecule is CN(CC(=O)N1[C@H]2CCCC[C@H]3N(C)[C@H](Cc4ccccc4)[C@@H]1C[C@@]23C)Cc1cccnc1. The minimum atomic E-state index is 0.195. The summed E-state index contributed by atoms with van der Waals surface area (Å²) in [6.07, 6.45) is 10.7. The highest BCUT2D eigenvalue weighted by atomic mass is 16.2. The molecule has 3 fully saturated rings. The number of piperidine rings is 1. The van der Waals surface area contributed by atoms with E-state index in [1.807, 2.05) is 12.3 Å². The molecule has 0 radical (unpaired) electrons. The number of benzene rings is 1. The lowest BCUT2D eigenvalue weighted by molar-refractivity contribution is -0.136. The highest BCUT2D eigenvalue weighted by Gasteiger charge is 2.61. The number of rotatable bonds is 6. The van der Waals surface area contributed by atoms with Gasteiger partial charge >= 0.3 is 0 Å². The van der Waals surface area contributed by atoms with Gasteiger partial charge in [0.25, 0.3) is 0 Å². The summed E-state index contributed by atoms with van der Waals surface area (Å²) in [5.41, 5.74) is 2.72. The van der Waals surface area contributed by atoms with Crippen LogP contribution in [-0.2, 0) is 17.8 Å². The Morgan fingerprint density at radius 1 is 1.09 bits per heavy atom. The number of carbonyl (C=O) groups excluding carboxylic acids is 1. The Labute approximate surface area is 198 Å². The zero-order valence-corrected chi connectivity index (χ0v) is 20.4. The van der Waals surface area contributed by atoms with Crippen molar-refractivity contribution in [3.63, 3.8) is 0 Å². The molecule has 1 amide bonds. The first-order valence-electron chi connectivity index (χ1n) is 12.6. The van der Waals surface area contributed by atoms with Gasteiger partial charge in [0.2, 0.25) is 5.91 Å². The molecule has 176 valence electrons. The molecule has 2 aliphatic heterocycles. The van der Waals surface area contributed by atoms with E-state index in [9.17, 15) is 4.79 Å². The number of hydrogen-bond donors (Lipinski definition) is 0. The molecule has 1 saturated carbocycles. The Kier molecular flexibility index (Phi) is 6.28. The Morgan fingerprint density at radius 2 is 1.82 bits per heavy atom. The van der Waals surface area contributed by atoms with Crippen LogP contribution in [0.25, 0.3) is 0 Å². The Balaban J connectivity index is 1.41. The van der Waals surface area contributed by atoms with Crippen molar-refractivity contribution >= 4 is 5.91 Å². The maximum absolute atomic E-state index is 13.9. The van der Waals surface area contributed by atoms with E-state index in [0.717, 1.165) is 31.4 Å². The topological polar surface area (TPSA) is 39.7 Å². The highest BCUT2D eigenvalue weighted by molar-refractivity contribution is 5.80. The molecular formula is C28H38N4O. The standard InChI is InChI=1S/C28H38N4O/c1-28-17-24-23(16-21-10-5-4-6-11-21)31(3)25(28)13-7-8-14-26(28)32(24)27(33)20-30(2)19-22-12-9-15-29-18-22/h4-6,9-12,15,18,23-26H,7-8,13-14,16-17,19-20H2,1-3H3/t23-,24+,25-,26+,28-/m1/s1. The fourth-order valence-corrected chi connectivity index (χ4v) is 7.22. The van der Waals surface area contributed by atoms with Crippen LogP contribution < -0.4 is 0 Å². The first kappa shape index (κ1) is 22.5. The monoisotopic (exact) mass is 446 g/mol. The van der Waals surface area contributed by atoms with Crippen molar-refractivity contribution in [2.75, 3.05) is 20.6 Å². The molecule has 5 atom stereocenters. The second-order valence-electron chi connectivity index (χ2n) is 10.9. The van der Waals surface area contributed by atoms with Gasteiger partial charge in [0, 0.05) is 48.5 Å². The van der Waals surface area contributed by atoms with Gasteiger partial charge < -0.3 is 4.90 Å². The number of fused-ring (bicyclic) bond motifs is 1. The fraction of sp³-hybridized carbons (Fsp3) is 0.571. The molecule has 33 heavy (non-hydrogen) atoms. The molecule has 3 heterocycles. The molecule has 2 aromatic rings. The third-order valence-corrected chi connectivity index (χ3v) is 8.68. The van der Waals surface area contributed by atoms with Gasteiger partial charge in [-0.25, -0.2) is 0 Å². The normalized spacial score (nSPS) is 31.6. The minimum Gasteiger partial charge on any atom is -0.333 e. The number of amides is 1. The molecule has 1 aromatic carbocycles. The van der Waals surface area contributed by atoms with Crippen LogP contribution in [0.1, 0.15) is 50.2 Å². The lowest BCUT2D eigenvalue weighted by atomic mass is 9.69. The molecule has 0 unspecified atom stereocenters. The van der Waals surface area contributed by atoms with Crippen molar-refractivity contribution in [2.24, 2.45) is 5.41 Å². The largest absolute Gasteiger partial charge is 0.333 e. The number of pyridine rings is 1. The van der Waals surface area contributed by atoms with Crippen LogP contribution in [0.4, 0.5) is 0 Å². The van der Waals surface area contributed by atoms with Crippen molar-refractivity contribution in [1.29, 1.82) is 0 Å². The van der Waals surface area contributed by atoms with Gasteiger partial charge in [-0.2, -0.15) is 0 Å². The van der Waals surface area contributed by atoms with Gasteiger partial charge in [0.15, 0.2) is 0 Å². The third-order valence-electron chi connectivity index (χ3n) is 8.68. The predicted octanol–water partition coefficient (Wildman–Crippen LogP) is 3.99. The van der Waals surface area contributed by atoms with Crippen LogP contribution in [0, 0.1) is 5.41 Å². The minimum absolute atomic E-state index is 0.195. The van der Waals surface area contributed by atoms with Gasteiger partial charge in [-0.15, -0.1) is 0 Å². The van der Waals surface area contributed by atoms with Gasteiger partial charge in [0.1, 0.15) is 0 Å². The number of likely N-dealkylation sites (tertiary alicyclic amines) is 2. The second kappa shape index (κ2) is 9.19. The van der Waals surface area contributed by atoms with E-state index < -0.39 is 0 Å². The van der Waals surface area contributed by atoms with Gasteiger partial charge in [-0.1, -0.05) is 56.2 Å². The molecule has 2 bridgehead atoms. The molecule has 1 aliphatic carbocycles. The maximum Gasteiger partial charge on any atom is 0.237 e. The first-order chi connectivity index (χ1) is 16.0. The lowest BCUT2D eigenvalue weighted by Crippen LogP contribution is -2.58. The van der Waals surface area contributed by atoms with Crippen molar-refractivity contribution in [1.82, 2.24) is 19.7 Å². The van der Waals surface area contributed by atoms with Crippen LogP contribution in [-0.4, -0.2) is 70.4 Å². The summed E-state index contributed by atoms with van der Waals surface area (Å²) in [6.45, 7) is 3.68. The summed E-state index contributed by atoms with van der Waals surface area (Å²) in [5.74, 6) is 0.300. The molecular weight excluding hydrogens is 408 g/mol. The van der Waals surface area contributed by atoms with E-state index in [4.69, 9.17) is 0 Å². The van der Waals surface area contributed by atoms with Gasteiger partial charge in [0.05, 0.1) is 6.54 Å². The molecule has 0 N–H and O–H groups in total. The molecule has 5 nitrogen and oxygen atoms in total. The maximum atomic E-state index is 13.9. The predicted molar refractivity (Wildman–Crippen MR) is 132 cm³/mol. The van der Waals surface area contributed by atoms with Crippen molar-refractivity contribution in [2.45, 2.75) is 76.2 Å². The number of aromatic nitrogens is 1. The van der Waals surface area contributed by atoms with Crippen LogP contribution in [0.3, 0.4) is 0 Å². The average Bonchev–Trinajstić information content (AvgIpc) is 2.96. The highest BCUT2D eigenvalue weighted by Crippen LogP contribution is 2.55. The summed E-state index contributed by atoms with van der Waals surface area (Å²) in [6, 6.07) is 16.5. The number of carbonyl (C=O) groups is 1. The van der Waals surface area contributed by atoms with E-state index in [-0.39, 0.29) is 5.41 Å². The molecule has 2 saturated heterocycles. The summed E-state index contributed by atoms with van der Waals surface area (Å²) in [5, 5.41) is 0. The van der Waals surface area contributed by atoms with Gasteiger partial charge in [-0.05, 0) is 57.0 Å². The summed E-state index contributed by atoms with van der Waals surface area (Å²) >= 11 is 0. The number of hydrogen-bond acceptors (Lipinski definition) is 4. The van der Waals surface area contributed by atoms with Crippen LogP contribution in [0.2, 0.25) is 0 Å². The summed E-state index contributed by atoms with van der Waals surface area (Å²) in [7, 11) is 4.38. The summed E-state index contributed by atoms with van der Waals surface area (Å²) in [4.78, 5) is 25.3. The molecule has 5 heteroatoms. The van der Waals surface area contributed by atoms with E-state index >= 15 is 0 Å². The quantitative estimate of drug-likeness (QED) is 0.673. The zero-order valence-electron chi connectivity index (χ0n) is 20.4. The average molecular weight is 447 g/mol. The molecule has 1 aromatic heterocycles. The zero-order chi connectivity index (χ0) is 23.0. The van der Waals surface area contributed by atoms with Crippen LogP contribution >= 0.6 is 0 Å². The van der Waals surface area contributed by atoms with Crippen molar-refractivity contribution < 1.29 is 4.79 Å². The molecule has 0 spiro atoms. The van der Waals surface area contributed by atoms with E-state index in [2.05, 4.69) is 77.1 Å². The van der Waals surface area contributed by atoms with Crippen molar-refractivity contribution in [3.8, 4) is 0 Å². The summed E-state index contributed by atoms with van der Waals surface area (Å²) < 4.78 is 0. The Morgan fingerprint density at radius 3 is 2.55 bits per heavy atom. The number of nitrogens with zero attached hydrogens (tertiary/aromatic N) is 4. The fourth-order valence-electron chi connectivity index (χ4n) is 7.22. The first-order valence-corrected chi connectivity index (χ1v) is 12.6. The lowest BCUT2D eigenvalue weighted by Gasteiger charge is -2.49. The smallest absolute Gasteiger partial charge is 0.237 e. The van der Waals surface area contributed by atoms with Crippen molar-refractivity contribution in [3.05, 3.63) is 66.0 Å². The second-order valence-corrected chi connectivity index (χ2v) is 10.9. The number of likely N-dealkylation sites (N-methyl/N-ethyl adjacent to an activating group) is 2. The Hall–Kier alpha value is -2.24. The van der Waals surface area contributed by atoms with E-state index in [1.165, 1.54) is 24.8 Å². The molecule has 3 aliphatic rings. The van der Waals surface area contributed by atoms with E-state index in [1.54, 1.807) is 6.20 Å². The van der Waals surface area contributed by atoms with Crippen LogP contribution in [0.5, 0.6) is 0 Å².